The molecule has 0 atom stereocenters. The van der Waals surface area contributed by atoms with Gasteiger partial charge in [0.1, 0.15) is 5.75 Å². The van der Waals surface area contributed by atoms with Crippen LogP contribution in [0.4, 0.5) is 0 Å². The summed E-state index contributed by atoms with van der Waals surface area (Å²) in [5.74, 6) is 2.24. The van der Waals surface area contributed by atoms with E-state index in [1.165, 1.54) is 5.56 Å². The zero-order chi connectivity index (χ0) is 20.2. The van der Waals surface area contributed by atoms with Crippen molar-refractivity contribution in [3.63, 3.8) is 0 Å². The molecule has 29 heavy (non-hydrogen) atoms. The molecule has 0 saturated carbocycles. The fourth-order valence-corrected chi connectivity index (χ4v) is 2.82. The lowest BCUT2D eigenvalue weighted by Crippen LogP contribution is -2.37. The Morgan fingerprint density at radius 3 is 2.41 bits per heavy atom. The lowest BCUT2D eigenvalue weighted by Gasteiger charge is -2.12. The Bertz CT molecular complexity index is 751. The Morgan fingerprint density at radius 2 is 1.76 bits per heavy atom. The molecule has 0 amide bonds. The quantitative estimate of drug-likeness (QED) is 0.193. The van der Waals surface area contributed by atoms with Gasteiger partial charge in [-0.3, -0.25) is 0 Å². The lowest BCUT2D eigenvalue weighted by atomic mass is 10.1. The number of aromatic hydroxyl groups is 1. The van der Waals surface area contributed by atoms with E-state index in [1.807, 2.05) is 31.2 Å². The minimum Gasteiger partial charge on any atom is -0.504 e. The summed E-state index contributed by atoms with van der Waals surface area (Å²) < 4.78 is 10.3. The molecule has 0 saturated heterocycles. The van der Waals surface area contributed by atoms with E-state index >= 15 is 0 Å². The second-order valence-corrected chi connectivity index (χ2v) is 6.40. The predicted molar refractivity (Wildman–Crippen MR) is 129 cm³/mol. The Hall–Kier alpha value is -2.16. The number of ether oxygens (including phenoxy) is 2. The average molecular weight is 513 g/mol. The van der Waals surface area contributed by atoms with Gasteiger partial charge < -0.3 is 25.2 Å². The molecule has 0 aromatic heterocycles. The van der Waals surface area contributed by atoms with Gasteiger partial charge in [0.25, 0.3) is 0 Å². The monoisotopic (exact) mass is 513 g/mol. The van der Waals surface area contributed by atoms with Crippen LogP contribution >= 0.6 is 24.0 Å². The molecule has 0 aliphatic rings. The number of phenols is 1. The number of nitrogens with one attached hydrogen (secondary N) is 2. The Balaban J connectivity index is 0.00000420. The van der Waals surface area contributed by atoms with Crippen molar-refractivity contribution in [2.75, 3.05) is 27.3 Å². The van der Waals surface area contributed by atoms with Gasteiger partial charge in [0.15, 0.2) is 17.5 Å². The third-order valence-corrected chi connectivity index (χ3v) is 4.40. The molecular formula is C22H32IN3O3. The van der Waals surface area contributed by atoms with Crippen molar-refractivity contribution >= 4 is 29.9 Å². The van der Waals surface area contributed by atoms with Gasteiger partial charge >= 0.3 is 0 Å². The largest absolute Gasteiger partial charge is 0.504 e. The number of nitrogens with zero attached hydrogens (tertiary/aromatic N) is 1. The van der Waals surface area contributed by atoms with Gasteiger partial charge in [-0.05, 0) is 49.9 Å². The number of methoxy groups -OCH3 is 2. The minimum absolute atomic E-state index is 0. The zero-order valence-corrected chi connectivity index (χ0v) is 19.7. The molecule has 0 radical (unpaired) electrons. The number of guanidine groups is 1. The fourth-order valence-electron chi connectivity index (χ4n) is 2.82. The van der Waals surface area contributed by atoms with Crippen molar-refractivity contribution in [2.24, 2.45) is 4.99 Å². The maximum Gasteiger partial charge on any atom is 0.191 e. The van der Waals surface area contributed by atoms with Crippen LogP contribution in [0.2, 0.25) is 0 Å². The van der Waals surface area contributed by atoms with Crippen LogP contribution < -0.4 is 20.1 Å². The van der Waals surface area contributed by atoms with Crippen LogP contribution in [0.5, 0.6) is 17.2 Å². The van der Waals surface area contributed by atoms with Crippen LogP contribution in [0.1, 0.15) is 30.9 Å². The number of aryl methyl sites for hydroxylation is 1. The molecule has 0 unspecified atom stereocenters. The molecule has 0 aliphatic heterocycles. The number of unbranched alkanes of at least 4 members (excludes halogenated alkanes) is 1. The molecule has 2 aromatic rings. The molecule has 2 aromatic carbocycles. The van der Waals surface area contributed by atoms with Crippen LogP contribution in [0.25, 0.3) is 0 Å². The first-order valence-electron chi connectivity index (χ1n) is 9.67. The number of aliphatic imine (C=N–C) groups is 1. The third kappa shape index (κ3) is 8.39. The molecule has 2 rings (SSSR count). The predicted octanol–water partition coefficient (Wildman–Crippen LogP) is 4.11. The van der Waals surface area contributed by atoms with Crippen LogP contribution in [0.15, 0.2) is 47.5 Å². The molecule has 3 N–H and O–H groups in total. The maximum absolute atomic E-state index is 10.2. The van der Waals surface area contributed by atoms with Gasteiger partial charge in [-0.15, -0.1) is 24.0 Å². The van der Waals surface area contributed by atoms with Crippen molar-refractivity contribution in [3.05, 3.63) is 53.6 Å². The second-order valence-electron chi connectivity index (χ2n) is 6.40. The van der Waals surface area contributed by atoms with Crippen molar-refractivity contribution in [1.29, 1.82) is 0 Å². The van der Waals surface area contributed by atoms with Gasteiger partial charge in [0, 0.05) is 18.7 Å². The summed E-state index contributed by atoms with van der Waals surface area (Å²) in [4.78, 5) is 4.56. The van der Waals surface area contributed by atoms with Crippen molar-refractivity contribution in [2.45, 2.75) is 32.7 Å². The molecule has 160 valence electrons. The second kappa shape index (κ2) is 13.9. The number of halogens is 1. The number of hydrogen-bond donors (Lipinski definition) is 3. The average Bonchev–Trinajstić information content (AvgIpc) is 2.73. The first-order chi connectivity index (χ1) is 13.7. The van der Waals surface area contributed by atoms with E-state index in [0.29, 0.717) is 12.3 Å². The van der Waals surface area contributed by atoms with Crippen molar-refractivity contribution < 1.29 is 14.6 Å². The van der Waals surface area contributed by atoms with E-state index < -0.39 is 0 Å². The van der Waals surface area contributed by atoms with Gasteiger partial charge in [0.05, 0.1) is 20.8 Å². The van der Waals surface area contributed by atoms with Gasteiger partial charge in [0.2, 0.25) is 0 Å². The normalized spacial score (nSPS) is 10.8. The first-order valence-corrected chi connectivity index (χ1v) is 9.67. The highest BCUT2D eigenvalue weighted by Crippen LogP contribution is 2.29. The summed E-state index contributed by atoms with van der Waals surface area (Å²) in [6.45, 7) is 4.03. The topological polar surface area (TPSA) is 75.1 Å². The number of rotatable bonds is 10. The van der Waals surface area contributed by atoms with Gasteiger partial charge in [-0.25, -0.2) is 4.99 Å². The van der Waals surface area contributed by atoms with Gasteiger partial charge in [-0.2, -0.15) is 0 Å². The molecule has 6 nitrogen and oxygen atoms in total. The third-order valence-electron chi connectivity index (χ3n) is 4.40. The maximum atomic E-state index is 10.2. The van der Waals surface area contributed by atoms with Gasteiger partial charge in [-0.1, -0.05) is 24.3 Å². The molecular weight excluding hydrogens is 481 g/mol. The highest BCUT2D eigenvalue weighted by molar-refractivity contribution is 14.0. The lowest BCUT2D eigenvalue weighted by molar-refractivity contribution is 0.370. The summed E-state index contributed by atoms with van der Waals surface area (Å²) in [7, 11) is 3.22. The smallest absolute Gasteiger partial charge is 0.191 e. The summed E-state index contributed by atoms with van der Waals surface area (Å²) >= 11 is 0. The first kappa shape index (κ1) is 24.9. The molecule has 0 spiro atoms. The SMILES string of the molecule is CCNC(=NCc1cccc(OC)c1O)NCCCCc1ccc(OC)cc1.I. The van der Waals surface area contributed by atoms with E-state index in [2.05, 4.69) is 27.8 Å². The number of para-hydroxylation sites is 1. The van der Waals surface area contributed by atoms with E-state index in [9.17, 15) is 5.11 Å². The van der Waals surface area contributed by atoms with E-state index in [-0.39, 0.29) is 29.7 Å². The van der Waals surface area contributed by atoms with Crippen molar-refractivity contribution in [3.8, 4) is 17.2 Å². The van der Waals surface area contributed by atoms with Crippen LogP contribution in [-0.4, -0.2) is 38.4 Å². The minimum atomic E-state index is 0. The highest BCUT2D eigenvalue weighted by Gasteiger charge is 2.07. The zero-order valence-electron chi connectivity index (χ0n) is 17.4. The molecule has 0 heterocycles. The summed E-state index contributed by atoms with van der Waals surface area (Å²) in [5.41, 5.74) is 2.05. The molecule has 0 bridgehead atoms. The highest BCUT2D eigenvalue weighted by atomic mass is 127. The summed E-state index contributed by atoms with van der Waals surface area (Å²) in [5, 5.41) is 16.8. The Labute approximate surface area is 190 Å². The van der Waals surface area contributed by atoms with Crippen LogP contribution in [-0.2, 0) is 13.0 Å². The molecule has 0 aliphatic carbocycles. The van der Waals surface area contributed by atoms with Crippen LogP contribution in [0, 0.1) is 0 Å². The van der Waals surface area contributed by atoms with Crippen molar-refractivity contribution in [1.82, 2.24) is 10.6 Å². The number of phenolic OH excluding ortho intramolecular Hbond substituents is 1. The van der Waals surface area contributed by atoms with E-state index in [0.717, 1.165) is 49.6 Å². The summed E-state index contributed by atoms with van der Waals surface area (Å²) in [6.07, 6.45) is 3.17. The standard InChI is InChI=1S/C22H31N3O3.HI/c1-4-23-22(25-16-18-9-7-10-20(28-3)21(18)26)24-15-6-5-8-17-11-13-19(27-2)14-12-17;/h7,9-14,26H,4-6,8,15-16H2,1-3H3,(H2,23,24,25);1H. The van der Waals surface area contributed by atoms with E-state index in [1.54, 1.807) is 20.3 Å². The molecule has 7 heteroatoms. The Morgan fingerprint density at radius 1 is 1.00 bits per heavy atom. The Kier molecular flexibility index (Phi) is 11.9. The number of benzene rings is 2. The molecule has 0 fully saturated rings. The number of hydrogen-bond acceptors (Lipinski definition) is 4. The fraction of sp³-hybridized carbons (Fsp3) is 0.409. The summed E-state index contributed by atoms with van der Waals surface area (Å²) in [6, 6.07) is 13.6. The van der Waals surface area contributed by atoms with E-state index in [4.69, 9.17) is 9.47 Å². The van der Waals surface area contributed by atoms with Crippen LogP contribution in [0.3, 0.4) is 0 Å².